The average Bonchev–Trinajstić information content (AvgIpc) is 2.32. The third kappa shape index (κ3) is 2.66. The fourth-order valence-electron chi connectivity index (χ4n) is 2.23. The van der Waals surface area contributed by atoms with Crippen molar-refractivity contribution in [2.45, 2.75) is 33.1 Å². The Morgan fingerprint density at radius 1 is 1.39 bits per heavy atom. The molecular formula is C13H22N4O. The largest absolute Gasteiger partial charge is 0.476 e. The summed E-state index contributed by atoms with van der Waals surface area (Å²) in [5.41, 5.74) is 6.65. The highest BCUT2D eigenvalue weighted by Gasteiger charge is 2.22. The number of hydrogen-bond donors (Lipinski definition) is 1. The van der Waals surface area contributed by atoms with Crippen LogP contribution in [0.2, 0.25) is 0 Å². The number of nitrogens with zero attached hydrogens (tertiary/aromatic N) is 3. The smallest absolute Gasteiger partial charge is 0.242 e. The first kappa shape index (κ1) is 12.9. The van der Waals surface area contributed by atoms with Crippen molar-refractivity contribution >= 4 is 11.5 Å². The van der Waals surface area contributed by atoms with Crippen LogP contribution in [0.15, 0.2) is 6.33 Å². The summed E-state index contributed by atoms with van der Waals surface area (Å²) in [6, 6.07) is 0. The summed E-state index contributed by atoms with van der Waals surface area (Å²) >= 11 is 0. The molecule has 2 rings (SSSR count). The minimum Gasteiger partial charge on any atom is -0.476 e. The molecule has 0 unspecified atom stereocenters. The quantitative estimate of drug-likeness (QED) is 0.837. The maximum absolute atomic E-state index is 6.09. The Morgan fingerprint density at radius 2 is 2.17 bits per heavy atom. The van der Waals surface area contributed by atoms with Gasteiger partial charge in [-0.25, -0.2) is 4.98 Å². The highest BCUT2D eigenvalue weighted by Crippen LogP contribution is 2.32. The maximum atomic E-state index is 6.09. The van der Waals surface area contributed by atoms with Crippen molar-refractivity contribution in [2.24, 2.45) is 5.92 Å². The van der Waals surface area contributed by atoms with Crippen LogP contribution in [-0.4, -0.2) is 29.7 Å². The van der Waals surface area contributed by atoms with Crippen molar-refractivity contribution in [3.63, 3.8) is 0 Å². The topological polar surface area (TPSA) is 64.3 Å². The molecule has 0 saturated heterocycles. The first-order valence-electron chi connectivity index (χ1n) is 6.74. The normalized spacial score (nSPS) is 15.2. The Hall–Kier alpha value is -1.52. The van der Waals surface area contributed by atoms with E-state index in [-0.39, 0.29) is 0 Å². The van der Waals surface area contributed by atoms with Gasteiger partial charge in [0.1, 0.15) is 12.0 Å². The lowest BCUT2D eigenvalue weighted by atomic mass is 9.85. The van der Waals surface area contributed by atoms with E-state index in [0.29, 0.717) is 18.2 Å². The molecule has 0 aliphatic heterocycles. The molecular weight excluding hydrogens is 228 g/mol. The average molecular weight is 250 g/mol. The van der Waals surface area contributed by atoms with Crippen LogP contribution in [0.25, 0.3) is 0 Å². The van der Waals surface area contributed by atoms with Crippen molar-refractivity contribution in [3.8, 4) is 5.88 Å². The van der Waals surface area contributed by atoms with Crippen LogP contribution < -0.4 is 15.4 Å². The van der Waals surface area contributed by atoms with E-state index in [1.54, 1.807) is 0 Å². The molecule has 0 spiro atoms. The molecule has 100 valence electrons. The zero-order chi connectivity index (χ0) is 13.0. The van der Waals surface area contributed by atoms with Crippen LogP contribution in [0.4, 0.5) is 11.5 Å². The van der Waals surface area contributed by atoms with E-state index in [1.807, 2.05) is 6.92 Å². The highest BCUT2D eigenvalue weighted by molar-refractivity contribution is 5.67. The second-order valence-corrected chi connectivity index (χ2v) is 4.68. The summed E-state index contributed by atoms with van der Waals surface area (Å²) in [6.07, 6.45) is 5.52. The van der Waals surface area contributed by atoms with Gasteiger partial charge in [-0.3, -0.25) is 0 Å². The number of aromatic nitrogens is 2. The molecule has 1 aliphatic carbocycles. The minimum absolute atomic E-state index is 0.495. The fourth-order valence-corrected chi connectivity index (χ4v) is 2.23. The number of nitrogen functional groups attached to an aromatic ring is 1. The van der Waals surface area contributed by atoms with E-state index in [4.69, 9.17) is 10.5 Å². The van der Waals surface area contributed by atoms with E-state index in [2.05, 4.69) is 21.8 Å². The van der Waals surface area contributed by atoms with Gasteiger partial charge in [-0.2, -0.15) is 4.98 Å². The zero-order valence-electron chi connectivity index (χ0n) is 11.2. The first-order chi connectivity index (χ1) is 8.76. The molecule has 0 atom stereocenters. The zero-order valence-corrected chi connectivity index (χ0v) is 11.2. The molecule has 1 aromatic heterocycles. The predicted octanol–water partition coefficient (Wildman–Crippen LogP) is 2.08. The standard InChI is InChI=1S/C13H22N4O/c1-3-17(8-10-6-5-7-10)12-11(14)13(18-4-2)16-9-15-12/h9-10H,3-8,14H2,1-2H3. The lowest BCUT2D eigenvalue weighted by Crippen LogP contribution is -2.33. The van der Waals surface area contributed by atoms with E-state index < -0.39 is 0 Å². The summed E-state index contributed by atoms with van der Waals surface area (Å²) in [5, 5.41) is 0. The molecule has 5 heteroatoms. The molecule has 5 nitrogen and oxygen atoms in total. The fraction of sp³-hybridized carbons (Fsp3) is 0.692. The number of nitrogens with two attached hydrogens (primary N) is 1. The van der Waals surface area contributed by atoms with Gasteiger partial charge in [0.05, 0.1) is 6.61 Å². The Bertz CT molecular complexity index is 393. The van der Waals surface area contributed by atoms with Crippen molar-refractivity contribution in [1.82, 2.24) is 9.97 Å². The first-order valence-corrected chi connectivity index (χ1v) is 6.74. The van der Waals surface area contributed by atoms with Crippen LogP contribution >= 0.6 is 0 Å². The lowest BCUT2D eigenvalue weighted by Gasteiger charge is -2.32. The van der Waals surface area contributed by atoms with Gasteiger partial charge < -0.3 is 15.4 Å². The van der Waals surface area contributed by atoms with Crippen molar-refractivity contribution in [2.75, 3.05) is 30.3 Å². The molecule has 1 aromatic rings. The van der Waals surface area contributed by atoms with E-state index >= 15 is 0 Å². The molecule has 0 radical (unpaired) electrons. The molecule has 0 aromatic carbocycles. The molecule has 1 saturated carbocycles. The monoisotopic (exact) mass is 250 g/mol. The highest BCUT2D eigenvalue weighted by atomic mass is 16.5. The van der Waals surface area contributed by atoms with E-state index in [9.17, 15) is 0 Å². The lowest BCUT2D eigenvalue weighted by molar-refractivity contribution is 0.316. The van der Waals surface area contributed by atoms with Crippen LogP contribution in [0.3, 0.4) is 0 Å². The van der Waals surface area contributed by atoms with Crippen LogP contribution in [-0.2, 0) is 0 Å². The summed E-state index contributed by atoms with van der Waals surface area (Å²) in [5.74, 6) is 2.09. The van der Waals surface area contributed by atoms with Crippen molar-refractivity contribution in [3.05, 3.63) is 6.33 Å². The predicted molar refractivity (Wildman–Crippen MR) is 72.8 cm³/mol. The summed E-state index contributed by atoms with van der Waals surface area (Å²) in [6.45, 7) is 6.55. The summed E-state index contributed by atoms with van der Waals surface area (Å²) in [7, 11) is 0. The summed E-state index contributed by atoms with van der Waals surface area (Å²) in [4.78, 5) is 10.6. The SMILES string of the molecule is CCOc1ncnc(N(CC)CC2CCC2)c1N. The Balaban J connectivity index is 2.15. The second-order valence-electron chi connectivity index (χ2n) is 4.68. The van der Waals surface area contributed by atoms with Gasteiger partial charge in [0.25, 0.3) is 0 Å². The van der Waals surface area contributed by atoms with Gasteiger partial charge in [-0.1, -0.05) is 6.42 Å². The number of rotatable bonds is 6. The maximum Gasteiger partial charge on any atom is 0.242 e. The third-order valence-electron chi connectivity index (χ3n) is 3.49. The van der Waals surface area contributed by atoms with Crippen molar-refractivity contribution in [1.29, 1.82) is 0 Å². The van der Waals surface area contributed by atoms with Gasteiger partial charge in [0.2, 0.25) is 5.88 Å². The summed E-state index contributed by atoms with van der Waals surface area (Å²) < 4.78 is 5.41. The van der Waals surface area contributed by atoms with Gasteiger partial charge in [-0.05, 0) is 32.6 Å². The van der Waals surface area contributed by atoms with Crippen molar-refractivity contribution < 1.29 is 4.74 Å². The Labute approximate surface area is 108 Å². The van der Waals surface area contributed by atoms with Gasteiger partial charge >= 0.3 is 0 Å². The molecule has 18 heavy (non-hydrogen) atoms. The van der Waals surface area contributed by atoms with E-state index in [1.165, 1.54) is 25.6 Å². The van der Waals surface area contributed by atoms with Crippen LogP contribution in [0.5, 0.6) is 5.88 Å². The number of ether oxygens (including phenoxy) is 1. The van der Waals surface area contributed by atoms with Gasteiger partial charge in [0.15, 0.2) is 5.82 Å². The molecule has 1 heterocycles. The van der Waals surface area contributed by atoms with Gasteiger partial charge in [0, 0.05) is 13.1 Å². The third-order valence-corrected chi connectivity index (χ3v) is 3.49. The number of hydrogen-bond acceptors (Lipinski definition) is 5. The Morgan fingerprint density at radius 3 is 2.72 bits per heavy atom. The van der Waals surface area contributed by atoms with Gasteiger partial charge in [-0.15, -0.1) is 0 Å². The number of anilines is 2. The van der Waals surface area contributed by atoms with Crippen LogP contribution in [0.1, 0.15) is 33.1 Å². The second kappa shape index (κ2) is 5.89. The molecule has 1 fully saturated rings. The van der Waals surface area contributed by atoms with Crippen LogP contribution in [0, 0.1) is 5.92 Å². The minimum atomic E-state index is 0.495. The Kier molecular flexibility index (Phi) is 4.23. The molecule has 2 N–H and O–H groups in total. The molecule has 0 bridgehead atoms. The molecule has 1 aliphatic rings. The molecule has 0 amide bonds. The van der Waals surface area contributed by atoms with E-state index in [0.717, 1.165) is 24.8 Å².